The maximum atomic E-state index is 12.3. The first kappa shape index (κ1) is 11.6. The van der Waals surface area contributed by atoms with Gasteiger partial charge in [0.2, 0.25) is 0 Å². The van der Waals surface area contributed by atoms with E-state index in [1.165, 1.54) is 0 Å². The summed E-state index contributed by atoms with van der Waals surface area (Å²) in [6.45, 7) is 2.94. The Morgan fingerprint density at radius 1 is 1.28 bits per heavy atom. The first-order chi connectivity index (χ1) is 8.84. The number of H-pyrrole nitrogens is 1. The van der Waals surface area contributed by atoms with Crippen molar-refractivity contribution in [3.05, 3.63) is 5.82 Å². The second-order valence-corrected chi connectivity index (χ2v) is 5.12. The molecular formula is C11H18N6O. The highest BCUT2D eigenvalue weighted by atomic mass is 16.2. The molecular weight excluding hydrogens is 232 g/mol. The Bertz CT molecular complexity index is 396. The molecule has 3 rings (SSSR count). The van der Waals surface area contributed by atoms with Crippen LogP contribution in [-0.4, -0.2) is 57.1 Å². The number of tetrazole rings is 1. The van der Waals surface area contributed by atoms with Crippen LogP contribution >= 0.6 is 0 Å². The molecule has 1 saturated carbocycles. The maximum Gasteiger partial charge on any atom is 0.295 e. The molecule has 2 N–H and O–H groups in total. The summed E-state index contributed by atoms with van der Waals surface area (Å²) in [5.74, 6) is 0.711. The van der Waals surface area contributed by atoms with Crippen molar-refractivity contribution in [3.8, 4) is 0 Å². The predicted octanol–water partition coefficient (Wildman–Crippen LogP) is -0.196. The van der Waals surface area contributed by atoms with Gasteiger partial charge in [-0.3, -0.25) is 4.79 Å². The van der Waals surface area contributed by atoms with Crippen molar-refractivity contribution < 1.29 is 4.79 Å². The maximum absolute atomic E-state index is 12.3. The normalized spacial score (nSPS) is 20.9. The number of nitrogens with zero attached hydrogens (tertiary/aromatic N) is 4. The highest BCUT2D eigenvalue weighted by molar-refractivity contribution is 5.90. The Balaban J connectivity index is 1.66. The minimum atomic E-state index is -0.0789. The highest BCUT2D eigenvalue weighted by Gasteiger charge is 2.36. The lowest BCUT2D eigenvalue weighted by molar-refractivity contribution is 0.0689. The number of aromatic nitrogens is 4. The third kappa shape index (κ3) is 2.50. The summed E-state index contributed by atoms with van der Waals surface area (Å²) in [6.07, 6.45) is 4.49. The number of piperidine rings is 1. The Morgan fingerprint density at radius 3 is 2.67 bits per heavy atom. The zero-order valence-electron chi connectivity index (χ0n) is 10.3. The largest absolute Gasteiger partial charge is 0.333 e. The minimum Gasteiger partial charge on any atom is -0.333 e. The molecule has 2 aliphatic rings. The third-order valence-corrected chi connectivity index (χ3v) is 3.70. The van der Waals surface area contributed by atoms with Crippen molar-refractivity contribution in [1.82, 2.24) is 30.8 Å². The van der Waals surface area contributed by atoms with Gasteiger partial charge >= 0.3 is 0 Å². The lowest BCUT2D eigenvalue weighted by Gasteiger charge is -2.29. The molecule has 1 aromatic heterocycles. The standard InChI is InChI=1S/C11H18N6O/c18-11(10-13-15-16-14-10)17(9-1-2-9)7-8-3-5-12-6-4-8/h8-9,12H,1-7H2,(H,13,14,15,16). The van der Waals surface area contributed by atoms with Crippen LogP contribution in [0.3, 0.4) is 0 Å². The third-order valence-electron chi connectivity index (χ3n) is 3.70. The second kappa shape index (κ2) is 5.01. The van der Waals surface area contributed by atoms with Crippen LogP contribution in [-0.2, 0) is 0 Å². The SMILES string of the molecule is O=C(c1nn[nH]n1)N(CC1CCNCC1)C1CC1. The summed E-state index contributed by atoms with van der Waals surface area (Å²) in [5, 5.41) is 16.7. The fourth-order valence-corrected chi connectivity index (χ4v) is 2.51. The molecule has 18 heavy (non-hydrogen) atoms. The van der Waals surface area contributed by atoms with E-state index in [0.717, 1.165) is 45.3 Å². The van der Waals surface area contributed by atoms with Crippen LogP contribution < -0.4 is 5.32 Å². The number of carbonyl (C=O) groups excluding carboxylic acids is 1. The van der Waals surface area contributed by atoms with E-state index in [1.54, 1.807) is 0 Å². The number of aromatic amines is 1. The highest BCUT2D eigenvalue weighted by Crippen LogP contribution is 2.29. The van der Waals surface area contributed by atoms with E-state index in [0.29, 0.717) is 12.0 Å². The summed E-state index contributed by atoms with van der Waals surface area (Å²) >= 11 is 0. The van der Waals surface area contributed by atoms with Gasteiger partial charge in [0.25, 0.3) is 11.7 Å². The molecule has 1 aromatic rings. The van der Waals surface area contributed by atoms with E-state index in [4.69, 9.17) is 0 Å². The van der Waals surface area contributed by atoms with Crippen molar-refractivity contribution >= 4 is 5.91 Å². The van der Waals surface area contributed by atoms with E-state index in [-0.39, 0.29) is 11.7 Å². The number of hydrogen-bond donors (Lipinski definition) is 2. The van der Waals surface area contributed by atoms with Crippen molar-refractivity contribution in [1.29, 1.82) is 0 Å². The van der Waals surface area contributed by atoms with Crippen LogP contribution in [0.25, 0.3) is 0 Å². The monoisotopic (exact) mass is 250 g/mol. The summed E-state index contributed by atoms with van der Waals surface area (Å²) in [6, 6.07) is 0.394. The van der Waals surface area contributed by atoms with Crippen LogP contribution in [0.5, 0.6) is 0 Å². The number of nitrogens with one attached hydrogen (secondary N) is 2. The number of carbonyl (C=O) groups is 1. The topological polar surface area (TPSA) is 86.8 Å². The molecule has 0 spiro atoms. The Hall–Kier alpha value is -1.50. The van der Waals surface area contributed by atoms with Gasteiger partial charge in [-0.1, -0.05) is 0 Å². The van der Waals surface area contributed by atoms with E-state index >= 15 is 0 Å². The van der Waals surface area contributed by atoms with Gasteiger partial charge in [-0.15, -0.1) is 10.2 Å². The molecule has 0 bridgehead atoms. The summed E-state index contributed by atoms with van der Waals surface area (Å²) in [5.41, 5.74) is 0. The Morgan fingerprint density at radius 2 is 2.06 bits per heavy atom. The second-order valence-electron chi connectivity index (χ2n) is 5.12. The van der Waals surface area contributed by atoms with Gasteiger partial charge in [0.05, 0.1) is 0 Å². The zero-order chi connectivity index (χ0) is 12.4. The minimum absolute atomic E-state index is 0.0789. The molecule has 2 heterocycles. The average Bonchev–Trinajstić information content (AvgIpc) is 3.10. The van der Waals surface area contributed by atoms with Crippen molar-refractivity contribution in [2.75, 3.05) is 19.6 Å². The molecule has 0 atom stereocenters. The molecule has 7 heteroatoms. The molecule has 0 aromatic carbocycles. The molecule has 0 unspecified atom stereocenters. The van der Waals surface area contributed by atoms with Gasteiger partial charge in [0, 0.05) is 12.6 Å². The summed E-state index contributed by atoms with van der Waals surface area (Å²) in [4.78, 5) is 14.2. The first-order valence-electron chi connectivity index (χ1n) is 6.59. The van der Waals surface area contributed by atoms with Crippen LogP contribution in [0.1, 0.15) is 36.3 Å². The zero-order valence-corrected chi connectivity index (χ0v) is 10.3. The molecule has 2 fully saturated rings. The van der Waals surface area contributed by atoms with Crippen LogP contribution in [0.15, 0.2) is 0 Å². The fourth-order valence-electron chi connectivity index (χ4n) is 2.51. The number of amides is 1. The lowest BCUT2D eigenvalue weighted by atomic mass is 9.97. The number of rotatable bonds is 4. The van der Waals surface area contributed by atoms with Gasteiger partial charge in [0.1, 0.15) is 0 Å². The quantitative estimate of drug-likeness (QED) is 0.773. The molecule has 1 saturated heterocycles. The predicted molar refractivity (Wildman–Crippen MR) is 63.8 cm³/mol. The summed E-state index contributed by atoms with van der Waals surface area (Å²) in [7, 11) is 0. The van der Waals surface area contributed by atoms with Crippen LogP contribution in [0, 0.1) is 5.92 Å². The average molecular weight is 250 g/mol. The molecule has 1 aliphatic carbocycles. The van der Waals surface area contributed by atoms with E-state index < -0.39 is 0 Å². The van der Waals surface area contributed by atoms with Crippen molar-refractivity contribution in [2.45, 2.75) is 31.7 Å². The van der Waals surface area contributed by atoms with Gasteiger partial charge in [-0.25, -0.2) is 0 Å². The van der Waals surface area contributed by atoms with Crippen molar-refractivity contribution in [3.63, 3.8) is 0 Å². The fraction of sp³-hybridized carbons (Fsp3) is 0.818. The summed E-state index contributed by atoms with van der Waals surface area (Å²) < 4.78 is 0. The number of hydrogen-bond acceptors (Lipinski definition) is 5. The van der Waals surface area contributed by atoms with E-state index in [1.807, 2.05) is 4.90 Å². The van der Waals surface area contributed by atoms with Gasteiger partial charge < -0.3 is 10.2 Å². The smallest absolute Gasteiger partial charge is 0.295 e. The molecule has 0 radical (unpaired) electrons. The van der Waals surface area contributed by atoms with E-state index in [9.17, 15) is 4.79 Å². The van der Waals surface area contributed by atoms with Gasteiger partial charge in [0.15, 0.2) is 0 Å². The van der Waals surface area contributed by atoms with Crippen LogP contribution in [0.2, 0.25) is 0 Å². The van der Waals surface area contributed by atoms with Crippen molar-refractivity contribution in [2.24, 2.45) is 5.92 Å². The molecule has 7 nitrogen and oxygen atoms in total. The Kier molecular flexibility index (Phi) is 3.22. The molecule has 1 amide bonds. The molecule has 1 aliphatic heterocycles. The van der Waals surface area contributed by atoms with Gasteiger partial charge in [-0.2, -0.15) is 5.21 Å². The molecule has 98 valence electrons. The lowest BCUT2D eigenvalue weighted by Crippen LogP contribution is -2.41. The van der Waals surface area contributed by atoms with E-state index in [2.05, 4.69) is 25.9 Å². The van der Waals surface area contributed by atoms with Crippen LogP contribution in [0.4, 0.5) is 0 Å². The van der Waals surface area contributed by atoms with Gasteiger partial charge in [-0.05, 0) is 49.9 Å². The Labute approximate surface area is 105 Å². The first-order valence-corrected chi connectivity index (χ1v) is 6.59.